The maximum absolute atomic E-state index is 6.18. The van der Waals surface area contributed by atoms with Crippen molar-refractivity contribution in [3.63, 3.8) is 0 Å². The lowest BCUT2D eigenvalue weighted by Crippen LogP contribution is -2.45. The molecule has 0 saturated carbocycles. The summed E-state index contributed by atoms with van der Waals surface area (Å²) in [4.78, 5) is 2.52. The Morgan fingerprint density at radius 1 is 1.50 bits per heavy atom. The molecule has 1 aromatic heterocycles. The molecule has 0 aliphatic carbocycles. The summed E-state index contributed by atoms with van der Waals surface area (Å²) in [6.07, 6.45) is 2.70. The van der Waals surface area contributed by atoms with E-state index in [1.807, 2.05) is 0 Å². The second kappa shape index (κ2) is 6.66. The van der Waals surface area contributed by atoms with Crippen molar-refractivity contribution in [2.45, 2.75) is 44.9 Å². The number of rotatable bonds is 5. The first-order valence-electron chi connectivity index (χ1n) is 6.85. The van der Waals surface area contributed by atoms with Crippen LogP contribution in [0.1, 0.15) is 38.3 Å². The highest BCUT2D eigenvalue weighted by atomic mass is 32.1. The third-order valence-electron chi connectivity index (χ3n) is 3.66. The van der Waals surface area contributed by atoms with Crippen LogP contribution < -0.4 is 5.73 Å². The van der Waals surface area contributed by atoms with Gasteiger partial charge in [-0.15, -0.1) is 0 Å². The van der Waals surface area contributed by atoms with Crippen molar-refractivity contribution in [3.05, 3.63) is 22.4 Å². The van der Waals surface area contributed by atoms with E-state index in [-0.39, 0.29) is 6.04 Å². The smallest absolute Gasteiger partial charge is 0.0599 e. The van der Waals surface area contributed by atoms with E-state index in [1.54, 1.807) is 11.3 Å². The monoisotopic (exact) mass is 268 g/mol. The van der Waals surface area contributed by atoms with E-state index < -0.39 is 0 Å². The summed E-state index contributed by atoms with van der Waals surface area (Å²) in [5, 5.41) is 4.36. The Labute approximate surface area is 114 Å². The number of nitrogens with two attached hydrogens (primary N) is 1. The number of piperidine rings is 1. The number of nitrogens with zero attached hydrogens (tertiary/aromatic N) is 1. The van der Waals surface area contributed by atoms with Crippen molar-refractivity contribution in [3.8, 4) is 0 Å². The summed E-state index contributed by atoms with van der Waals surface area (Å²) >= 11 is 1.75. The van der Waals surface area contributed by atoms with E-state index in [4.69, 9.17) is 10.5 Å². The lowest BCUT2D eigenvalue weighted by Gasteiger charge is -2.39. The Morgan fingerprint density at radius 3 is 2.72 bits per heavy atom. The van der Waals surface area contributed by atoms with Crippen LogP contribution in [0.15, 0.2) is 16.8 Å². The normalized spacial score (nSPS) is 21.9. The molecule has 0 amide bonds. The summed E-state index contributed by atoms with van der Waals surface area (Å²) in [7, 11) is 0. The van der Waals surface area contributed by atoms with Crippen LogP contribution in [0.4, 0.5) is 0 Å². The van der Waals surface area contributed by atoms with Gasteiger partial charge in [0.15, 0.2) is 0 Å². The zero-order chi connectivity index (χ0) is 13.0. The Kier molecular flexibility index (Phi) is 5.18. The van der Waals surface area contributed by atoms with Crippen LogP contribution in [-0.2, 0) is 4.74 Å². The highest BCUT2D eigenvalue weighted by Crippen LogP contribution is 2.28. The van der Waals surface area contributed by atoms with E-state index in [0.717, 1.165) is 32.5 Å². The summed E-state index contributed by atoms with van der Waals surface area (Å²) in [5.41, 5.74) is 7.55. The molecule has 2 atom stereocenters. The van der Waals surface area contributed by atoms with E-state index in [1.165, 1.54) is 5.56 Å². The van der Waals surface area contributed by atoms with Gasteiger partial charge in [0, 0.05) is 25.7 Å². The molecule has 1 aliphatic heterocycles. The van der Waals surface area contributed by atoms with Gasteiger partial charge < -0.3 is 10.5 Å². The predicted molar refractivity (Wildman–Crippen MR) is 76.9 cm³/mol. The van der Waals surface area contributed by atoms with Crippen LogP contribution in [0.2, 0.25) is 0 Å². The van der Waals surface area contributed by atoms with Gasteiger partial charge in [-0.2, -0.15) is 11.3 Å². The number of likely N-dealkylation sites (tertiary alicyclic amines) is 1. The second-order valence-corrected chi connectivity index (χ2v) is 5.83. The van der Waals surface area contributed by atoms with Crippen molar-refractivity contribution in [2.75, 3.05) is 19.7 Å². The predicted octanol–water partition coefficient (Wildman–Crippen LogP) is 2.64. The largest absolute Gasteiger partial charge is 0.378 e. The molecule has 2 heterocycles. The summed E-state index contributed by atoms with van der Waals surface area (Å²) < 4.78 is 5.71. The molecule has 3 nitrogen and oxygen atoms in total. The fourth-order valence-corrected chi connectivity index (χ4v) is 3.54. The standard InChI is InChI=1S/C14H24N2OS/c1-3-17-13-4-7-16(8-5-13)14(11(2)15)12-6-9-18-10-12/h6,9-11,13-14H,3-5,7-8,15H2,1-2H3. The molecule has 102 valence electrons. The number of thiophene rings is 1. The highest BCUT2D eigenvalue weighted by Gasteiger charge is 2.28. The van der Waals surface area contributed by atoms with E-state index in [9.17, 15) is 0 Å². The molecule has 0 aromatic carbocycles. The Hall–Kier alpha value is -0.420. The van der Waals surface area contributed by atoms with Gasteiger partial charge in [0.2, 0.25) is 0 Å². The first-order valence-corrected chi connectivity index (χ1v) is 7.80. The zero-order valence-corrected chi connectivity index (χ0v) is 12.2. The van der Waals surface area contributed by atoms with Crippen LogP contribution in [0.5, 0.6) is 0 Å². The molecular formula is C14H24N2OS. The summed E-state index contributed by atoms with van der Waals surface area (Å²) in [5.74, 6) is 0. The SMILES string of the molecule is CCOC1CCN(C(c2ccsc2)C(C)N)CC1. The molecule has 2 unspecified atom stereocenters. The van der Waals surface area contributed by atoms with Crippen LogP contribution in [-0.4, -0.2) is 36.7 Å². The fourth-order valence-electron chi connectivity index (χ4n) is 2.85. The van der Waals surface area contributed by atoms with Crippen molar-refractivity contribution < 1.29 is 4.74 Å². The molecule has 0 radical (unpaired) electrons. The van der Waals surface area contributed by atoms with Crippen LogP contribution >= 0.6 is 11.3 Å². The van der Waals surface area contributed by atoms with Gasteiger partial charge in [0.25, 0.3) is 0 Å². The summed E-state index contributed by atoms with van der Waals surface area (Å²) in [6.45, 7) is 7.19. The third-order valence-corrected chi connectivity index (χ3v) is 4.36. The Balaban J connectivity index is 1.97. The summed E-state index contributed by atoms with van der Waals surface area (Å²) in [6, 6.07) is 2.73. The van der Waals surface area contributed by atoms with Crippen molar-refractivity contribution in [1.82, 2.24) is 4.90 Å². The van der Waals surface area contributed by atoms with Crippen LogP contribution in [0.25, 0.3) is 0 Å². The third kappa shape index (κ3) is 3.32. The highest BCUT2D eigenvalue weighted by molar-refractivity contribution is 7.07. The van der Waals surface area contributed by atoms with Crippen LogP contribution in [0.3, 0.4) is 0 Å². The minimum Gasteiger partial charge on any atom is -0.378 e. The lowest BCUT2D eigenvalue weighted by atomic mass is 9.98. The average molecular weight is 268 g/mol. The van der Waals surface area contributed by atoms with Gasteiger partial charge in [0.05, 0.1) is 12.1 Å². The molecule has 0 spiro atoms. The molecule has 1 saturated heterocycles. The Bertz CT molecular complexity index is 332. The number of hydrogen-bond acceptors (Lipinski definition) is 4. The molecule has 4 heteroatoms. The molecule has 1 aromatic rings. The van der Waals surface area contributed by atoms with Gasteiger partial charge in [-0.25, -0.2) is 0 Å². The van der Waals surface area contributed by atoms with Crippen molar-refractivity contribution in [2.24, 2.45) is 5.73 Å². The zero-order valence-electron chi connectivity index (χ0n) is 11.3. The molecule has 18 heavy (non-hydrogen) atoms. The Morgan fingerprint density at radius 2 is 2.22 bits per heavy atom. The first-order chi connectivity index (χ1) is 8.72. The van der Waals surface area contributed by atoms with Crippen molar-refractivity contribution >= 4 is 11.3 Å². The fraction of sp³-hybridized carbons (Fsp3) is 0.714. The minimum atomic E-state index is 0.170. The quantitative estimate of drug-likeness (QED) is 0.892. The van der Waals surface area contributed by atoms with Gasteiger partial charge in [0.1, 0.15) is 0 Å². The lowest BCUT2D eigenvalue weighted by molar-refractivity contribution is 0.00123. The van der Waals surface area contributed by atoms with E-state index in [0.29, 0.717) is 12.1 Å². The maximum atomic E-state index is 6.18. The average Bonchev–Trinajstić information content (AvgIpc) is 2.85. The molecule has 0 bridgehead atoms. The van der Waals surface area contributed by atoms with Gasteiger partial charge in [-0.3, -0.25) is 4.90 Å². The number of hydrogen-bond donors (Lipinski definition) is 1. The number of ether oxygens (including phenoxy) is 1. The maximum Gasteiger partial charge on any atom is 0.0599 e. The van der Waals surface area contributed by atoms with E-state index in [2.05, 4.69) is 35.6 Å². The second-order valence-electron chi connectivity index (χ2n) is 5.05. The van der Waals surface area contributed by atoms with Crippen molar-refractivity contribution in [1.29, 1.82) is 0 Å². The molecule has 1 aliphatic rings. The van der Waals surface area contributed by atoms with Crippen LogP contribution in [0, 0.1) is 0 Å². The molecule has 2 N–H and O–H groups in total. The topological polar surface area (TPSA) is 38.5 Å². The first kappa shape index (κ1) is 14.0. The minimum absolute atomic E-state index is 0.170. The van der Waals surface area contributed by atoms with Gasteiger partial charge in [-0.1, -0.05) is 0 Å². The molecular weight excluding hydrogens is 244 g/mol. The molecule has 1 fully saturated rings. The van der Waals surface area contributed by atoms with Gasteiger partial charge in [-0.05, 0) is 49.1 Å². The molecule has 2 rings (SSSR count). The van der Waals surface area contributed by atoms with E-state index >= 15 is 0 Å². The van der Waals surface area contributed by atoms with Gasteiger partial charge >= 0.3 is 0 Å².